The van der Waals surface area contributed by atoms with E-state index in [4.69, 9.17) is 10.00 Å². The number of nitrogens with zero attached hydrogens (tertiary/aromatic N) is 2. The van der Waals surface area contributed by atoms with Crippen LogP contribution in [0.15, 0.2) is 6.07 Å². The number of rotatable bonds is 5. The molecule has 0 saturated carbocycles. The lowest BCUT2D eigenvalue weighted by molar-refractivity contribution is 0.296. The normalized spacial score (nSPS) is 10.4. The Morgan fingerprint density at radius 2 is 2.18 bits per heavy atom. The number of nitriles is 1. The van der Waals surface area contributed by atoms with Crippen molar-refractivity contribution in [1.29, 1.82) is 5.26 Å². The molecule has 0 amide bonds. The Hall–Kier alpha value is -1.60. The third-order valence-corrected chi connectivity index (χ3v) is 2.32. The number of ether oxygens (including phenoxy) is 1. The summed E-state index contributed by atoms with van der Waals surface area (Å²) >= 11 is 0. The van der Waals surface area contributed by atoms with Crippen LogP contribution in [0.3, 0.4) is 0 Å². The van der Waals surface area contributed by atoms with Crippen molar-refractivity contribution in [1.82, 2.24) is 10.3 Å². The highest BCUT2D eigenvalue weighted by Gasteiger charge is 2.09. The van der Waals surface area contributed by atoms with Crippen LogP contribution in [0.1, 0.15) is 30.7 Å². The van der Waals surface area contributed by atoms with Gasteiger partial charge < -0.3 is 10.1 Å². The van der Waals surface area contributed by atoms with Crippen LogP contribution in [-0.4, -0.2) is 24.2 Å². The lowest BCUT2D eigenvalue weighted by Crippen LogP contribution is -2.27. The van der Waals surface area contributed by atoms with Crippen LogP contribution in [0.4, 0.5) is 0 Å². The van der Waals surface area contributed by atoms with Crippen LogP contribution in [0.2, 0.25) is 0 Å². The van der Waals surface area contributed by atoms with Crippen LogP contribution in [0.5, 0.6) is 5.88 Å². The van der Waals surface area contributed by atoms with Crippen LogP contribution in [0.25, 0.3) is 0 Å². The molecule has 0 bridgehead atoms. The third kappa shape index (κ3) is 4.04. The highest BCUT2D eigenvalue weighted by molar-refractivity contribution is 5.45. The molecule has 0 aliphatic carbocycles. The molecule has 1 N–H and O–H groups in total. The minimum atomic E-state index is 0.432. The van der Waals surface area contributed by atoms with Crippen molar-refractivity contribution in [2.75, 3.05) is 13.2 Å². The summed E-state index contributed by atoms with van der Waals surface area (Å²) in [6.45, 7) is 9.21. The quantitative estimate of drug-likeness (QED) is 0.790. The number of aryl methyl sites for hydroxylation is 2. The molecule has 92 valence electrons. The molecule has 1 rings (SSSR count). The second-order valence-corrected chi connectivity index (χ2v) is 4.33. The fourth-order valence-corrected chi connectivity index (χ4v) is 1.54. The molecule has 0 saturated heterocycles. The monoisotopic (exact) mass is 233 g/mol. The summed E-state index contributed by atoms with van der Waals surface area (Å²) in [5.41, 5.74) is 2.31. The molecule has 0 atom stereocenters. The van der Waals surface area contributed by atoms with E-state index in [1.807, 2.05) is 19.9 Å². The molecular formula is C13H19N3O. The van der Waals surface area contributed by atoms with Crippen LogP contribution < -0.4 is 10.1 Å². The van der Waals surface area contributed by atoms with Gasteiger partial charge >= 0.3 is 0 Å². The molecule has 0 spiro atoms. The second-order valence-electron chi connectivity index (χ2n) is 4.33. The van der Waals surface area contributed by atoms with Gasteiger partial charge in [-0.05, 0) is 25.5 Å². The average molecular weight is 233 g/mol. The van der Waals surface area contributed by atoms with Crippen molar-refractivity contribution in [2.24, 2.45) is 0 Å². The summed E-state index contributed by atoms with van der Waals surface area (Å²) in [4.78, 5) is 4.25. The number of nitrogens with one attached hydrogen (secondary N) is 1. The molecule has 0 aliphatic rings. The molecule has 1 heterocycles. The van der Waals surface area contributed by atoms with Gasteiger partial charge in [0.2, 0.25) is 5.88 Å². The van der Waals surface area contributed by atoms with E-state index in [0.717, 1.165) is 17.8 Å². The lowest BCUT2D eigenvalue weighted by Gasteiger charge is -2.11. The molecule has 0 radical (unpaired) electrons. The van der Waals surface area contributed by atoms with Crippen molar-refractivity contribution < 1.29 is 4.74 Å². The van der Waals surface area contributed by atoms with Crippen molar-refractivity contribution in [3.63, 3.8) is 0 Å². The van der Waals surface area contributed by atoms with Gasteiger partial charge in [0, 0.05) is 18.3 Å². The predicted molar refractivity (Wildman–Crippen MR) is 67.1 cm³/mol. The highest BCUT2D eigenvalue weighted by atomic mass is 16.5. The lowest BCUT2D eigenvalue weighted by atomic mass is 10.1. The minimum absolute atomic E-state index is 0.432. The smallest absolute Gasteiger partial charge is 0.232 e. The van der Waals surface area contributed by atoms with E-state index < -0.39 is 0 Å². The maximum Gasteiger partial charge on any atom is 0.232 e. The fourth-order valence-electron chi connectivity index (χ4n) is 1.54. The van der Waals surface area contributed by atoms with Gasteiger partial charge in [-0.2, -0.15) is 5.26 Å². The Labute approximate surface area is 103 Å². The van der Waals surface area contributed by atoms with Crippen molar-refractivity contribution in [3.05, 3.63) is 22.9 Å². The summed E-state index contributed by atoms with van der Waals surface area (Å²) < 4.78 is 5.54. The van der Waals surface area contributed by atoms with Gasteiger partial charge in [0.1, 0.15) is 18.2 Å². The second kappa shape index (κ2) is 6.21. The van der Waals surface area contributed by atoms with E-state index in [9.17, 15) is 0 Å². The number of aromatic nitrogens is 1. The molecule has 4 nitrogen and oxygen atoms in total. The standard InChI is InChI=1S/C13H19N3O/c1-9(2)15-5-6-17-13-12(8-14)10(3)7-11(4)16-13/h7,9,15H,5-6H2,1-4H3. The van der Waals surface area contributed by atoms with Crippen LogP contribution in [-0.2, 0) is 0 Å². The van der Waals surface area contributed by atoms with Crippen LogP contribution >= 0.6 is 0 Å². The van der Waals surface area contributed by atoms with E-state index in [1.54, 1.807) is 0 Å². The maximum atomic E-state index is 9.05. The summed E-state index contributed by atoms with van der Waals surface area (Å²) in [7, 11) is 0. The molecular weight excluding hydrogens is 214 g/mol. The third-order valence-electron chi connectivity index (χ3n) is 2.32. The minimum Gasteiger partial charge on any atom is -0.475 e. The summed E-state index contributed by atoms with van der Waals surface area (Å²) in [5.74, 6) is 0.440. The van der Waals surface area contributed by atoms with Crippen molar-refractivity contribution in [3.8, 4) is 11.9 Å². The van der Waals surface area contributed by atoms with E-state index in [2.05, 4.69) is 30.2 Å². The molecule has 4 heteroatoms. The number of pyridine rings is 1. The van der Waals surface area contributed by atoms with Gasteiger partial charge in [0.05, 0.1) is 0 Å². The van der Waals surface area contributed by atoms with Gasteiger partial charge in [0.25, 0.3) is 0 Å². The van der Waals surface area contributed by atoms with Crippen molar-refractivity contribution >= 4 is 0 Å². The van der Waals surface area contributed by atoms with E-state index >= 15 is 0 Å². The number of hydrogen-bond acceptors (Lipinski definition) is 4. The van der Waals surface area contributed by atoms with Crippen molar-refractivity contribution in [2.45, 2.75) is 33.7 Å². The molecule has 17 heavy (non-hydrogen) atoms. The molecule has 0 aromatic carbocycles. The molecule has 0 fully saturated rings. The fraction of sp³-hybridized carbons (Fsp3) is 0.538. The van der Waals surface area contributed by atoms with Crippen LogP contribution in [0, 0.1) is 25.2 Å². The highest BCUT2D eigenvalue weighted by Crippen LogP contribution is 2.19. The maximum absolute atomic E-state index is 9.05. The molecule has 0 aliphatic heterocycles. The zero-order valence-corrected chi connectivity index (χ0v) is 10.9. The zero-order chi connectivity index (χ0) is 12.8. The van der Waals surface area contributed by atoms with E-state index in [-0.39, 0.29) is 0 Å². The first-order valence-electron chi connectivity index (χ1n) is 5.79. The first-order chi connectivity index (χ1) is 8.04. The molecule has 1 aromatic heterocycles. The van der Waals surface area contributed by atoms with Gasteiger partial charge in [-0.15, -0.1) is 0 Å². The SMILES string of the molecule is Cc1cc(C)c(C#N)c(OCCNC(C)C)n1. The molecule has 1 aromatic rings. The Balaban J connectivity index is 2.67. The topological polar surface area (TPSA) is 57.9 Å². The van der Waals surface area contributed by atoms with Gasteiger partial charge in [0.15, 0.2) is 0 Å². The Morgan fingerprint density at radius 1 is 1.47 bits per heavy atom. The number of hydrogen-bond donors (Lipinski definition) is 1. The summed E-state index contributed by atoms with van der Waals surface area (Å²) in [5, 5.41) is 12.3. The Kier molecular flexibility index (Phi) is 4.92. The Bertz CT molecular complexity index is 421. The van der Waals surface area contributed by atoms with E-state index in [0.29, 0.717) is 24.1 Å². The molecule has 0 unspecified atom stereocenters. The van der Waals surface area contributed by atoms with Gasteiger partial charge in [-0.3, -0.25) is 0 Å². The Morgan fingerprint density at radius 3 is 2.76 bits per heavy atom. The summed E-state index contributed by atoms with van der Waals surface area (Å²) in [6.07, 6.45) is 0. The van der Waals surface area contributed by atoms with Gasteiger partial charge in [-0.1, -0.05) is 13.8 Å². The van der Waals surface area contributed by atoms with Gasteiger partial charge in [-0.25, -0.2) is 4.98 Å². The largest absolute Gasteiger partial charge is 0.475 e. The zero-order valence-electron chi connectivity index (χ0n) is 10.9. The predicted octanol–water partition coefficient (Wildman–Crippen LogP) is 1.95. The average Bonchev–Trinajstić information content (AvgIpc) is 2.23. The van der Waals surface area contributed by atoms with E-state index in [1.165, 1.54) is 0 Å². The first kappa shape index (κ1) is 13.5. The summed E-state index contributed by atoms with van der Waals surface area (Å²) in [6, 6.07) is 4.45. The first-order valence-corrected chi connectivity index (χ1v) is 5.79.